The molecule has 5 nitrogen and oxygen atoms in total. The largest absolute Gasteiger partial charge is 0.478 e. The number of rotatable bonds is 4. The first-order valence-corrected chi connectivity index (χ1v) is 5.79. The van der Waals surface area contributed by atoms with Crippen LogP contribution >= 0.6 is 0 Å². The summed E-state index contributed by atoms with van der Waals surface area (Å²) >= 11 is 0. The zero-order valence-electron chi connectivity index (χ0n) is 10.3. The van der Waals surface area contributed by atoms with E-state index in [0.717, 1.165) is 6.42 Å². The van der Waals surface area contributed by atoms with Gasteiger partial charge in [-0.3, -0.25) is 0 Å². The lowest BCUT2D eigenvalue weighted by Crippen LogP contribution is -1.95. The van der Waals surface area contributed by atoms with Gasteiger partial charge in [0.2, 0.25) is 11.8 Å². The number of benzene rings is 1. The van der Waals surface area contributed by atoms with Gasteiger partial charge in [-0.1, -0.05) is 19.9 Å². The van der Waals surface area contributed by atoms with E-state index in [9.17, 15) is 4.79 Å². The van der Waals surface area contributed by atoms with E-state index in [2.05, 4.69) is 10.2 Å². The summed E-state index contributed by atoms with van der Waals surface area (Å²) in [6, 6.07) is 6.46. The normalized spacial score (nSPS) is 12.3. The summed E-state index contributed by atoms with van der Waals surface area (Å²) in [4.78, 5) is 10.9. The highest BCUT2D eigenvalue weighted by atomic mass is 16.4. The van der Waals surface area contributed by atoms with E-state index in [4.69, 9.17) is 9.52 Å². The number of carbonyl (C=O) groups is 1. The molecule has 0 aliphatic heterocycles. The Hall–Kier alpha value is -2.17. The minimum absolute atomic E-state index is 0.203. The molecule has 18 heavy (non-hydrogen) atoms. The van der Waals surface area contributed by atoms with E-state index in [-0.39, 0.29) is 11.5 Å². The molecule has 0 fully saturated rings. The molecule has 0 saturated heterocycles. The van der Waals surface area contributed by atoms with Crippen molar-refractivity contribution in [1.82, 2.24) is 10.2 Å². The van der Waals surface area contributed by atoms with Crippen LogP contribution in [0.2, 0.25) is 0 Å². The molecule has 1 aromatic carbocycles. The molecule has 0 bridgehead atoms. The fourth-order valence-electron chi connectivity index (χ4n) is 1.51. The molecular weight excluding hydrogens is 232 g/mol. The SMILES string of the molecule is CCC(C)c1nnc(-c2cccc(C(=O)O)c2)o1. The van der Waals surface area contributed by atoms with Crippen LogP contribution in [0.4, 0.5) is 0 Å². The van der Waals surface area contributed by atoms with Crippen molar-refractivity contribution in [2.75, 3.05) is 0 Å². The van der Waals surface area contributed by atoms with Gasteiger partial charge in [0.25, 0.3) is 0 Å². The van der Waals surface area contributed by atoms with Gasteiger partial charge in [-0.05, 0) is 24.6 Å². The van der Waals surface area contributed by atoms with Gasteiger partial charge < -0.3 is 9.52 Å². The third-order valence-electron chi connectivity index (χ3n) is 2.83. The van der Waals surface area contributed by atoms with Crippen LogP contribution in [0, 0.1) is 0 Å². The topological polar surface area (TPSA) is 76.2 Å². The van der Waals surface area contributed by atoms with E-state index in [1.54, 1.807) is 12.1 Å². The summed E-state index contributed by atoms with van der Waals surface area (Å²) in [5.41, 5.74) is 0.827. The second-order valence-corrected chi connectivity index (χ2v) is 4.14. The van der Waals surface area contributed by atoms with Crippen molar-refractivity contribution in [3.8, 4) is 11.5 Å². The molecule has 2 rings (SSSR count). The van der Waals surface area contributed by atoms with Crippen LogP contribution in [0.25, 0.3) is 11.5 Å². The zero-order chi connectivity index (χ0) is 13.1. The lowest BCUT2D eigenvalue weighted by molar-refractivity contribution is 0.0697. The molecule has 0 amide bonds. The molecule has 0 radical (unpaired) electrons. The third-order valence-corrected chi connectivity index (χ3v) is 2.83. The fourth-order valence-corrected chi connectivity index (χ4v) is 1.51. The lowest BCUT2D eigenvalue weighted by Gasteiger charge is -2.00. The molecule has 2 aromatic rings. The minimum Gasteiger partial charge on any atom is -0.478 e. The van der Waals surface area contributed by atoms with E-state index in [1.165, 1.54) is 12.1 Å². The highest BCUT2D eigenvalue weighted by Crippen LogP contribution is 2.23. The first-order valence-electron chi connectivity index (χ1n) is 5.79. The first-order chi connectivity index (χ1) is 8.61. The monoisotopic (exact) mass is 246 g/mol. The predicted octanol–water partition coefficient (Wildman–Crippen LogP) is 2.95. The molecule has 1 aromatic heterocycles. The quantitative estimate of drug-likeness (QED) is 0.897. The second kappa shape index (κ2) is 5.00. The highest BCUT2D eigenvalue weighted by molar-refractivity contribution is 5.88. The smallest absolute Gasteiger partial charge is 0.335 e. The molecule has 1 atom stereocenters. The van der Waals surface area contributed by atoms with Crippen LogP contribution in [-0.2, 0) is 0 Å². The van der Waals surface area contributed by atoms with Crippen molar-refractivity contribution in [2.24, 2.45) is 0 Å². The summed E-state index contributed by atoms with van der Waals surface area (Å²) in [5.74, 6) is 0.161. The average molecular weight is 246 g/mol. The van der Waals surface area contributed by atoms with E-state index in [0.29, 0.717) is 17.3 Å². The molecule has 1 heterocycles. The molecule has 5 heteroatoms. The Morgan fingerprint density at radius 3 is 2.89 bits per heavy atom. The van der Waals surface area contributed by atoms with Crippen LogP contribution < -0.4 is 0 Å². The Morgan fingerprint density at radius 1 is 1.44 bits per heavy atom. The number of carboxylic acids is 1. The Kier molecular flexibility index (Phi) is 3.41. The summed E-state index contributed by atoms with van der Waals surface area (Å²) in [6.45, 7) is 4.05. The molecule has 1 N–H and O–H groups in total. The van der Waals surface area contributed by atoms with Gasteiger partial charge in [0.15, 0.2) is 0 Å². The van der Waals surface area contributed by atoms with Gasteiger partial charge in [0.1, 0.15) is 0 Å². The maximum atomic E-state index is 10.9. The first kappa shape index (κ1) is 12.3. The number of carboxylic acid groups (broad SMARTS) is 1. The predicted molar refractivity (Wildman–Crippen MR) is 65.4 cm³/mol. The van der Waals surface area contributed by atoms with E-state index >= 15 is 0 Å². The molecule has 0 spiro atoms. The van der Waals surface area contributed by atoms with Gasteiger partial charge in [0.05, 0.1) is 5.56 Å². The maximum Gasteiger partial charge on any atom is 0.335 e. The number of aromatic carboxylic acids is 1. The molecule has 0 saturated carbocycles. The molecule has 0 aliphatic carbocycles. The highest BCUT2D eigenvalue weighted by Gasteiger charge is 2.14. The summed E-state index contributed by atoms with van der Waals surface area (Å²) in [5, 5.41) is 16.8. The van der Waals surface area contributed by atoms with Crippen LogP contribution in [-0.4, -0.2) is 21.3 Å². The molecule has 0 aliphatic rings. The van der Waals surface area contributed by atoms with Gasteiger partial charge >= 0.3 is 5.97 Å². The van der Waals surface area contributed by atoms with Crippen molar-refractivity contribution in [3.05, 3.63) is 35.7 Å². The van der Waals surface area contributed by atoms with Gasteiger partial charge in [-0.25, -0.2) is 4.79 Å². The Bertz CT molecular complexity index is 563. The van der Waals surface area contributed by atoms with Crippen LogP contribution in [0.15, 0.2) is 28.7 Å². The second-order valence-electron chi connectivity index (χ2n) is 4.14. The van der Waals surface area contributed by atoms with Crippen molar-refractivity contribution < 1.29 is 14.3 Å². The summed E-state index contributed by atoms with van der Waals surface area (Å²) in [6.07, 6.45) is 0.913. The summed E-state index contributed by atoms with van der Waals surface area (Å²) < 4.78 is 5.54. The van der Waals surface area contributed by atoms with Crippen molar-refractivity contribution >= 4 is 5.97 Å². The maximum absolute atomic E-state index is 10.9. The Balaban J connectivity index is 2.34. The lowest BCUT2D eigenvalue weighted by atomic mass is 10.1. The Labute approximate surface area is 104 Å². The summed E-state index contributed by atoms with van der Waals surface area (Å²) in [7, 11) is 0. The fraction of sp³-hybridized carbons (Fsp3) is 0.308. The molecule has 94 valence electrons. The standard InChI is InChI=1S/C13H14N2O3/c1-3-8(2)11-14-15-12(18-11)9-5-4-6-10(7-9)13(16)17/h4-8H,3H2,1-2H3,(H,16,17). The van der Waals surface area contributed by atoms with E-state index in [1.807, 2.05) is 13.8 Å². The van der Waals surface area contributed by atoms with Crippen molar-refractivity contribution in [3.63, 3.8) is 0 Å². The van der Waals surface area contributed by atoms with Crippen molar-refractivity contribution in [2.45, 2.75) is 26.2 Å². The number of aromatic nitrogens is 2. The zero-order valence-corrected chi connectivity index (χ0v) is 10.3. The third kappa shape index (κ3) is 2.40. The Morgan fingerprint density at radius 2 is 2.22 bits per heavy atom. The number of nitrogens with zero attached hydrogens (tertiary/aromatic N) is 2. The number of hydrogen-bond acceptors (Lipinski definition) is 4. The van der Waals surface area contributed by atoms with Crippen LogP contribution in [0.1, 0.15) is 42.4 Å². The van der Waals surface area contributed by atoms with E-state index < -0.39 is 5.97 Å². The minimum atomic E-state index is -0.974. The van der Waals surface area contributed by atoms with Gasteiger partial charge in [-0.15, -0.1) is 10.2 Å². The van der Waals surface area contributed by atoms with Crippen molar-refractivity contribution in [1.29, 1.82) is 0 Å². The molecule has 1 unspecified atom stereocenters. The van der Waals surface area contributed by atoms with Gasteiger partial charge in [-0.2, -0.15) is 0 Å². The molecular formula is C13H14N2O3. The number of hydrogen-bond donors (Lipinski definition) is 1. The van der Waals surface area contributed by atoms with Crippen LogP contribution in [0.5, 0.6) is 0 Å². The average Bonchev–Trinajstić information content (AvgIpc) is 2.87. The van der Waals surface area contributed by atoms with Crippen LogP contribution in [0.3, 0.4) is 0 Å². The van der Waals surface area contributed by atoms with Gasteiger partial charge in [0, 0.05) is 11.5 Å².